The highest BCUT2D eigenvalue weighted by Gasteiger charge is 2.53. The molecule has 1 N–H and O–H groups in total. The Labute approximate surface area is 234 Å². The van der Waals surface area contributed by atoms with Crippen molar-refractivity contribution >= 4 is 32.3 Å². The van der Waals surface area contributed by atoms with E-state index in [1.54, 1.807) is 0 Å². The number of hydrogen-bond donors (Lipinski definition) is 1. The summed E-state index contributed by atoms with van der Waals surface area (Å²) in [6, 6.07) is -0.665. The van der Waals surface area contributed by atoms with Crippen LogP contribution in [0.15, 0.2) is 0 Å². The summed E-state index contributed by atoms with van der Waals surface area (Å²) in [6.45, 7) is 21.3. The molecule has 12 nitrogen and oxygen atoms in total. The predicted molar refractivity (Wildman–Crippen MR) is 146 cm³/mol. The topological polar surface area (TPSA) is 133 Å². The van der Waals surface area contributed by atoms with E-state index in [1.807, 2.05) is 0 Å². The first-order chi connectivity index (χ1) is 18.0. The predicted octanol–water partition coefficient (Wildman–Crippen LogP) is 3.12. The molecule has 0 bridgehead atoms. The van der Waals surface area contributed by atoms with Gasteiger partial charge in [0.15, 0.2) is 26.9 Å². The molecule has 0 unspecified atom stereocenters. The number of ether oxygens (including phenoxy) is 4. The van der Waals surface area contributed by atoms with Crippen molar-refractivity contribution in [2.24, 2.45) is 0 Å². The van der Waals surface area contributed by atoms with Gasteiger partial charge in [-0.15, -0.1) is 0 Å². The van der Waals surface area contributed by atoms with E-state index in [0.29, 0.717) is 0 Å². The standard InChI is InChI=1S/C26H48N3O9P/c1-14(2)28(15(3)4)39(29(16(5)6)17(7)8)38-26-23(27-18(9)30)25(36-21(12)33)24(35-20(11)32)22(37-26)13-34-19(10)31/h14-17,22-26H,13H2,1-12H3,(H,27,30)/t22-,23-,24-,25-,26-/m1/s1. The van der Waals surface area contributed by atoms with E-state index < -0.39 is 62.9 Å². The molecule has 0 aliphatic carbocycles. The van der Waals surface area contributed by atoms with Gasteiger partial charge in [0.1, 0.15) is 18.8 Å². The van der Waals surface area contributed by atoms with E-state index in [2.05, 4.69) is 70.0 Å². The molecular formula is C26H48N3O9P. The van der Waals surface area contributed by atoms with Gasteiger partial charge in [-0.25, -0.2) is 9.34 Å². The van der Waals surface area contributed by atoms with Crippen LogP contribution in [-0.4, -0.2) is 94.6 Å². The molecule has 1 heterocycles. The van der Waals surface area contributed by atoms with Crippen LogP contribution in [0.2, 0.25) is 0 Å². The second kappa shape index (κ2) is 15.8. The van der Waals surface area contributed by atoms with Crippen molar-refractivity contribution in [1.82, 2.24) is 14.7 Å². The van der Waals surface area contributed by atoms with Gasteiger partial charge >= 0.3 is 17.9 Å². The third-order valence-corrected chi connectivity index (χ3v) is 8.81. The normalized spacial score (nSPS) is 23.7. The molecular weight excluding hydrogens is 529 g/mol. The molecule has 0 aromatic carbocycles. The molecule has 226 valence electrons. The summed E-state index contributed by atoms with van der Waals surface area (Å²) < 4.78 is 33.9. The van der Waals surface area contributed by atoms with E-state index in [-0.39, 0.29) is 30.8 Å². The first kappa shape index (κ1) is 35.2. The lowest BCUT2D eigenvalue weighted by Gasteiger charge is -2.50. The highest BCUT2D eigenvalue weighted by Crippen LogP contribution is 2.52. The van der Waals surface area contributed by atoms with Gasteiger partial charge in [0.2, 0.25) is 5.91 Å². The first-order valence-corrected chi connectivity index (χ1v) is 14.6. The first-order valence-electron chi connectivity index (χ1n) is 13.4. The molecule has 0 aromatic heterocycles. The second-order valence-corrected chi connectivity index (χ2v) is 12.4. The van der Waals surface area contributed by atoms with Crippen molar-refractivity contribution in [3.05, 3.63) is 0 Å². The fourth-order valence-electron chi connectivity index (χ4n) is 4.68. The zero-order valence-electron chi connectivity index (χ0n) is 25.4. The van der Waals surface area contributed by atoms with Crippen LogP contribution in [0, 0.1) is 0 Å². The monoisotopic (exact) mass is 577 g/mol. The van der Waals surface area contributed by atoms with E-state index in [0.717, 1.165) is 0 Å². The van der Waals surface area contributed by atoms with Crippen LogP contribution < -0.4 is 5.32 Å². The molecule has 1 amide bonds. The van der Waals surface area contributed by atoms with Gasteiger partial charge < -0.3 is 24.3 Å². The van der Waals surface area contributed by atoms with Crippen LogP contribution in [-0.2, 0) is 42.6 Å². The van der Waals surface area contributed by atoms with Crippen molar-refractivity contribution in [3.8, 4) is 0 Å². The van der Waals surface area contributed by atoms with Crippen molar-refractivity contribution in [2.45, 2.75) is 138 Å². The number of carbonyl (C=O) groups excluding carboxylic acids is 4. The number of nitrogens with one attached hydrogen (secondary N) is 1. The lowest BCUT2D eigenvalue weighted by atomic mass is 9.96. The summed E-state index contributed by atoms with van der Waals surface area (Å²) in [7, 11) is -1.50. The molecule has 0 aromatic rings. The van der Waals surface area contributed by atoms with Crippen molar-refractivity contribution in [1.29, 1.82) is 0 Å². The van der Waals surface area contributed by atoms with E-state index in [1.165, 1.54) is 27.7 Å². The Hall–Kier alpha value is -1.85. The van der Waals surface area contributed by atoms with Crippen LogP contribution in [0.25, 0.3) is 0 Å². The fraction of sp³-hybridized carbons (Fsp3) is 0.846. The smallest absolute Gasteiger partial charge is 0.303 e. The van der Waals surface area contributed by atoms with E-state index >= 15 is 0 Å². The quantitative estimate of drug-likeness (QED) is 0.197. The van der Waals surface area contributed by atoms with Gasteiger partial charge in [0.25, 0.3) is 0 Å². The number of carbonyl (C=O) groups is 4. The minimum absolute atomic E-state index is 0.0915. The van der Waals surface area contributed by atoms with Gasteiger partial charge in [0.05, 0.1) is 0 Å². The van der Waals surface area contributed by atoms with Gasteiger partial charge in [0, 0.05) is 51.9 Å². The Morgan fingerprint density at radius 2 is 1.18 bits per heavy atom. The molecule has 0 radical (unpaired) electrons. The second-order valence-electron chi connectivity index (χ2n) is 10.7. The average molecular weight is 578 g/mol. The number of nitrogens with zero attached hydrogens (tertiary/aromatic N) is 2. The Bertz CT molecular complexity index is 803. The maximum absolute atomic E-state index is 12.3. The van der Waals surface area contributed by atoms with Gasteiger partial charge in [-0.3, -0.25) is 23.7 Å². The summed E-state index contributed by atoms with van der Waals surface area (Å²) in [6.07, 6.45) is -4.53. The maximum atomic E-state index is 12.3. The van der Waals surface area contributed by atoms with Crippen molar-refractivity contribution in [3.63, 3.8) is 0 Å². The van der Waals surface area contributed by atoms with Crippen molar-refractivity contribution in [2.75, 3.05) is 6.61 Å². The highest BCUT2D eigenvalue weighted by molar-refractivity contribution is 7.47. The Morgan fingerprint density at radius 3 is 1.54 bits per heavy atom. The Kier molecular flexibility index (Phi) is 14.3. The summed E-state index contributed by atoms with van der Waals surface area (Å²) in [5.74, 6) is -2.30. The Balaban J connectivity index is 3.74. The summed E-state index contributed by atoms with van der Waals surface area (Å²) in [5.41, 5.74) is 0. The minimum Gasteiger partial charge on any atom is -0.463 e. The lowest BCUT2D eigenvalue weighted by Crippen LogP contribution is -2.66. The molecule has 1 fully saturated rings. The van der Waals surface area contributed by atoms with Crippen LogP contribution >= 0.6 is 8.45 Å². The lowest BCUT2D eigenvalue weighted by molar-refractivity contribution is -0.257. The van der Waals surface area contributed by atoms with Gasteiger partial charge in [-0.05, 0) is 55.4 Å². The molecule has 1 aliphatic rings. The largest absolute Gasteiger partial charge is 0.463 e. The van der Waals surface area contributed by atoms with Crippen LogP contribution in [0.1, 0.15) is 83.1 Å². The molecule has 13 heteroatoms. The SMILES string of the molecule is CC(=O)N[C@H]1[C@@H](OP(N(C(C)C)C(C)C)N(C(C)C)C(C)C)O[C@H](COC(C)=O)[C@@H](OC(C)=O)[C@@H]1OC(C)=O. The molecule has 1 saturated heterocycles. The van der Waals surface area contributed by atoms with Gasteiger partial charge in [-0.1, -0.05) is 0 Å². The zero-order valence-corrected chi connectivity index (χ0v) is 26.3. The van der Waals surface area contributed by atoms with Crippen LogP contribution in [0.3, 0.4) is 0 Å². The van der Waals surface area contributed by atoms with E-state index in [4.69, 9.17) is 23.5 Å². The van der Waals surface area contributed by atoms with Crippen molar-refractivity contribution < 1.29 is 42.6 Å². The average Bonchev–Trinajstić information content (AvgIpc) is 2.74. The minimum atomic E-state index is -1.50. The Morgan fingerprint density at radius 1 is 0.744 bits per heavy atom. The number of hydrogen-bond acceptors (Lipinski definition) is 11. The molecule has 0 spiro atoms. The molecule has 1 rings (SSSR count). The third kappa shape index (κ3) is 10.6. The van der Waals surface area contributed by atoms with Gasteiger partial charge in [-0.2, -0.15) is 0 Å². The molecule has 0 saturated carbocycles. The van der Waals surface area contributed by atoms with Crippen LogP contribution in [0.4, 0.5) is 0 Å². The molecule has 39 heavy (non-hydrogen) atoms. The summed E-state index contributed by atoms with van der Waals surface area (Å²) in [4.78, 5) is 48.2. The fourth-order valence-corrected chi connectivity index (χ4v) is 7.09. The highest BCUT2D eigenvalue weighted by atomic mass is 31.2. The third-order valence-electron chi connectivity index (χ3n) is 5.78. The van der Waals surface area contributed by atoms with E-state index in [9.17, 15) is 19.2 Å². The number of amides is 1. The molecule has 5 atom stereocenters. The summed E-state index contributed by atoms with van der Waals surface area (Å²) in [5, 5.41) is 2.78. The maximum Gasteiger partial charge on any atom is 0.303 e. The zero-order chi connectivity index (χ0) is 30.2. The number of rotatable bonds is 13. The summed E-state index contributed by atoms with van der Waals surface area (Å²) >= 11 is 0. The molecule has 1 aliphatic heterocycles. The number of esters is 3. The van der Waals surface area contributed by atoms with Crippen LogP contribution in [0.5, 0.6) is 0 Å².